The van der Waals surface area contributed by atoms with Gasteiger partial charge < -0.3 is 8.37 Å². The fraction of sp³-hybridized carbons (Fsp3) is 0. The highest BCUT2D eigenvalue weighted by Gasteiger charge is 2.28. The number of hydrogen-bond acceptors (Lipinski definition) is 4. The molecule has 19 heavy (non-hydrogen) atoms. The molecule has 0 saturated carbocycles. The number of rotatable bonds is 2. The maximum Gasteiger partial charge on any atom is 0.501 e. The SMILES string of the molecule is O=S1(=O)Oc2ccc(/C=C/c3ccccc3)cc2O1. The third-order valence-corrected chi connectivity index (χ3v) is 3.39. The Kier molecular flexibility index (Phi) is 2.76. The zero-order valence-electron chi connectivity index (χ0n) is 9.81. The molecule has 0 N–H and O–H groups in total. The highest BCUT2D eigenvalue weighted by atomic mass is 32.3. The van der Waals surface area contributed by atoms with Crippen molar-refractivity contribution in [2.45, 2.75) is 0 Å². The maximum absolute atomic E-state index is 11.1. The lowest BCUT2D eigenvalue weighted by atomic mass is 10.1. The van der Waals surface area contributed by atoms with E-state index in [4.69, 9.17) is 4.18 Å². The van der Waals surface area contributed by atoms with Crippen LogP contribution < -0.4 is 8.37 Å². The topological polar surface area (TPSA) is 52.6 Å². The molecule has 0 aromatic heterocycles. The summed E-state index contributed by atoms with van der Waals surface area (Å²) in [7, 11) is -3.91. The Balaban J connectivity index is 1.87. The quantitative estimate of drug-likeness (QED) is 0.790. The molecule has 2 aromatic rings. The summed E-state index contributed by atoms with van der Waals surface area (Å²) in [5.41, 5.74) is 1.90. The zero-order chi connectivity index (χ0) is 13.3. The van der Waals surface area contributed by atoms with Crippen molar-refractivity contribution in [3.8, 4) is 11.5 Å². The fourth-order valence-electron chi connectivity index (χ4n) is 1.76. The van der Waals surface area contributed by atoms with Crippen LogP contribution in [0.1, 0.15) is 11.1 Å². The second-order valence-electron chi connectivity index (χ2n) is 4.03. The minimum Gasteiger partial charge on any atom is -0.349 e. The predicted octanol–water partition coefficient (Wildman–Crippen LogP) is 2.87. The van der Waals surface area contributed by atoms with Crippen molar-refractivity contribution in [3.63, 3.8) is 0 Å². The molecule has 1 aliphatic rings. The van der Waals surface area contributed by atoms with Gasteiger partial charge in [-0.05, 0) is 23.3 Å². The molecule has 1 heterocycles. The van der Waals surface area contributed by atoms with E-state index in [1.54, 1.807) is 18.2 Å². The van der Waals surface area contributed by atoms with E-state index in [1.165, 1.54) is 0 Å². The van der Waals surface area contributed by atoms with Gasteiger partial charge in [-0.15, -0.1) is 8.42 Å². The Morgan fingerprint density at radius 3 is 2.26 bits per heavy atom. The van der Waals surface area contributed by atoms with E-state index in [0.29, 0.717) is 0 Å². The van der Waals surface area contributed by atoms with E-state index in [1.807, 2.05) is 42.5 Å². The average molecular weight is 274 g/mol. The second kappa shape index (κ2) is 4.44. The van der Waals surface area contributed by atoms with Crippen molar-refractivity contribution in [2.75, 3.05) is 0 Å². The number of hydrogen-bond donors (Lipinski definition) is 0. The highest BCUT2D eigenvalue weighted by molar-refractivity contribution is 7.82. The Hall–Kier alpha value is -2.27. The lowest BCUT2D eigenvalue weighted by molar-refractivity contribution is 0.436. The second-order valence-corrected chi connectivity index (χ2v) is 5.17. The summed E-state index contributed by atoms with van der Waals surface area (Å²) in [5.74, 6) is 0.437. The van der Waals surface area contributed by atoms with Gasteiger partial charge in [0.1, 0.15) is 0 Å². The first kappa shape index (κ1) is 11.8. The Bertz CT molecular complexity index is 733. The van der Waals surface area contributed by atoms with Crippen LogP contribution in [0.5, 0.6) is 11.5 Å². The monoisotopic (exact) mass is 274 g/mol. The van der Waals surface area contributed by atoms with E-state index in [2.05, 4.69) is 4.18 Å². The van der Waals surface area contributed by atoms with E-state index in [0.717, 1.165) is 11.1 Å². The van der Waals surface area contributed by atoms with E-state index in [-0.39, 0.29) is 11.5 Å². The lowest BCUT2D eigenvalue weighted by Gasteiger charge is -1.96. The van der Waals surface area contributed by atoms with Crippen molar-refractivity contribution < 1.29 is 16.8 Å². The molecule has 0 aliphatic carbocycles. The molecule has 96 valence electrons. The summed E-state index contributed by atoms with van der Waals surface area (Å²) in [6.45, 7) is 0. The van der Waals surface area contributed by atoms with Crippen LogP contribution in [-0.2, 0) is 10.4 Å². The van der Waals surface area contributed by atoms with Crippen LogP contribution >= 0.6 is 0 Å². The lowest BCUT2D eigenvalue weighted by Crippen LogP contribution is -2.07. The highest BCUT2D eigenvalue weighted by Crippen LogP contribution is 2.36. The predicted molar refractivity (Wildman–Crippen MR) is 72.0 cm³/mol. The molecular weight excluding hydrogens is 264 g/mol. The summed E-state index contributed by atoms with van der Waals surface area (Å²) < 4.78 is 31.6. The molecule has 0 amide bonds. The van der Waals surface area contributed by atoms with Crippen LogP contribution in [0.15, 0.2) is 48.5 Å². The molecule has 2 aromatic carbocycles. The van der Waals surface area contributed by atoms with Gasteiger partial charge in [0.2, 0.25) is 0 Å². The van der Waals surface area contributed by atoms with Crippen LogP contribution in [0.4, 0.5) is 0 Å². The number of benzene rings is 2. The molecule has 0 saturated heterocycles. The van der Waals surface area contributed by atoms with Gasteiger partial charge >= 0.3 is 10.4 Å². The molecule has 0 fully saturated rings. The van der Waals surface area contributed by atoms with Crippen molar-refractivity contribution in [1.82, 2.24) is 0 Å². The molecule has 0 unspecified atom stereocenters. The van der Waals surface area contributed by atoms with Gasteiger partial charge in [0.15, 0.2) is 11.5 Å². The van der Waals surface area contributed by atoms with Crippen molar-refractivity contribution in [3.05, 3.63) is 59.7 Å². The van der Waals surface area contributed by atoms with E-state index >= 15 is 0 Å². The van der Waals surface area contributed by atoms with Crippen molar-refractivity contribution in [1.29, 1.82) is 0 Å². The van der Waals surface area contributed by atoms with Crippen molar-refractivity contribution in [2.24, 2.45) is 0 Å². The van der Waals surface area contributed by atoms with Gasteiger partial charge in [-0.2, -0.15) is 0 Å². The first-order valence-corrected chi connectivity index (χ1v) is 6.97. The third-order valence-electron chi connectivity index (χ3n) is 2.62. The normalized spacial score (nSPS) is 15.8. The molecular formula is C14H10O4S. The Labute approximate surface area is 111 Å². The van der Waals surface area contributed by atoms with Gasteiger partial charge in [0.05, 0.1) is 0 Å². The molecule has 0 radical (unpaired) electrons. The first-order valence-electron chi connectivity index (χ1n) is 5.63. The summed E-state index contributed by atoms with van der Waals surface area (Å²) in [4.78, 5) is 0. The molecule has 1 aliphatic heterocycles. The van der Waals surface area contributed by atoms with Gasteiger partial charge in [-0.1, -0.05) is 48.6 Å². The van der Waals surface area contributed by atoms with Gasteiger partial charge in [-0.3, -0.25) is 0 Å². The van der Waals surface area contributed by atoms with E-state index in [9.17, 15) is 8.42 Å². The van der Waals surface area contributed by atoms with Crippen LogP contribution in [-0.4, -0.2) is 8.42 Å². The van der Waals surface area contributed by atoms with Crippen LogP contribution in [0.3, 0.4) is 0 Å². The maximum atomic E-state index is 11.1. The smallest absolute Gasteiger partial charge is 0.349 e. The van der Waals surface area contributed by atoms with Crippen molar-refractivity contribution >= 4 is 22.6 Å². The molecule has 3 rings (SSSR count). The average Bonchev–Trinajstić information content (AvgIpc) is 2.70. The molecule has 4 nitrogen and oxygen atoms in total. The summed E-state index contributed by atoms with van der Waals surface area (Å²) in [6, 6.07) is 14.8. The first-order chi connectivity index (χ1) is 9.12. The van der Waals surface area contributed by atoms with Gasteiger partial charge in [-0.25, -0.2) is 0 Å². The summed E-state index contributed by atoms with van der Waals surface area (Å²) in [5, 5.41) is 0. The number of fused-ring (bicyclic) bond motifs is 1. The molecule has 0 atom stereocenters. The van der Waals surface area contributed by atoms with Crippen LogP contribution in [0.25, 0.3) is 12.2 Å². The van der Waals surface area contributed by atoms with Crippen LogP contribution in [0, 0.1) is 0 Å². The third kappa shape index (κ3) is 2.61. The minimum absolute atomic E-state index is 0.218. The van der Waals surface area contributed by atoms with E-state index < -0.39 is 10.4 Å². The van der Waals surface area contributed by atoms with Crippen LogP contribution in [0.2, 0.25) is 0 Å². The summed E-state index contributed by atoms with van der Waals surface area (Å²) in [6.07, 6.45) is 3.82. The zero-order valence-corrected chi connectivity index (χ0v) is 10.6. The molecule has 0 bridgehead atoms. The molecule has 5 heteroatoms. The largest absolute Gasteiger partial charge is 0.501 e. The molecule has 0 spiro atoms. The Morgan fingerprint density at radius 1 is 0.789 bits per heavy atom. The standard InChI is InChI=1S/C14H10O4S/c15-19(16)17-13-9-8-12(10-14(13)18-19)7-6-11-4-2-1-3-5-11/h1-10H/b7-6+. The summed E-state index contributed by atoms with van der Waals surface area (Å²) >= 11 is 0. The van der Waals surface area contributed by atoms with Gasteiger partial charge in [0.25, 0.3) is 0 Å². The van der Waals surface area contributed by atoms with Gasteiger partial charge in [0, 0.05) is 0 Å². The fourth-order valence-corrected chi connectivity index (χ4v) is 2.50. The minimum atomic E-state index is -3.91. The Morgan fingerprint density at radius 2 is 1.47 bits per heavy atom.